The molecule has 2 saturated heterocycles. The molecule has 0 spiro atoms. The Morgan fingerprint density at radius 3 is 2.43 bits per heavy atom. The molecule has 0 N–H and O–H groups in total. The van der Waals surface area contributed by atoms with Crippen LogP contribution in [0, 0.1) is 10.1 Å². The topological polar surface area (TPSA) is 88.4 Å². The summed E-state index contributed by atoms with van der Waals surface area (Å²) in [5.74, 6) is 0.594. The van der Waals surface area contributed by atoms with E-state index < -0.39 is 0 Å². The Hall–Kier alpha value is -2.63. The molecule has 2 fully saturated rings. The van der Waals surface area contributed by atoms with E-state index in [1.165, 1.54) is 0 Å². The molecule has 2 aromatic carbocycles. The van der Waals surface area contributed by atoms with Crippen molar-refractivity contribution in [1.29, 1.82) is 0 Å². The molecule has 0 aromatic heterocycles. The number of carbonyl (C=O) groups excluding carboxylic acids is 1. The van der Waals surface area contributed by atoms with E-state index in [4.69, 9.17) is 9.47 Å². The van der Waals surface area contributed by atoms with Crippen LogP contribution in [0.25, 0.3) is 6.08 Å². The molecular formula is C24H26Br2N4O5. The van der Waals surface area contributed by atoms with Crippen molar-refractivity contribution in [3.05, 3.63) is 61.0 Å². The maximum atomic E-state index is 12.8. The number of rotatable bonds is 6. The second-order valence-corrected chi connectivity index (χ2v) is 9.96. The van der Waals surface area contributed by atoms with Crippen LogP contribution in [0.15, 0.2) is 45.4 Å². The van der Waals surface area contributed by atoms with Crippen molar-refractivity contribution in [3.8, 4) is 5.75 Å². The maximum Gasteiger partial charge on any atom is 0.292 e. The normalized spacial score (nSPS) is 16.6. The molecule has 1 amide bonds. The van der Waals surface area contributed by atoms with Gasteiger partial charge in [0.1, 0.15) is 11.4 Å². The van der Waals surface area contributed by atoms with Gasteiger partial charge in [0.15, 0.2) is 0 Å². The van der Waals surface area contributed by atoms with Crippen LogP contribution >= 0.6 is 31.9 Å². The number of halogens is 2. The van der Waals surface area contributed by atoms with Crippen LogP contribution < -0.4 is 14.5 Å². The number of benzene rings is 2. The van der Waals surface area contributed by atoms with Crippen LogP contribution in [-0.4, -0.2) is 75.3 Å². The lowest BCUT2D eigenvalue weighted by atomic mass is 10.1. The van der Waals surface area contributed by atoms with Crippen molar-refractivity contribution in [3.63, 3.8) is 0 Å². The number of amides is 1. The predicted molar refractivity (Wildman–Crippen MR) is 142 cm³/mol. The fourth-order valence-corrected chi connectivity index (χ4v) is 5.71. The highest BCUT2D eigenvalue weighted by Gasteiger charge is 2.25. The molecule has 0 saturated carbocycles. The molecule has 2 heterocycles. The number of nitrogens with zero attached hydrogens (tertiary/aromatic N) is 4. The summed E-state index contributed by atoms with van der Waals surface area (Å²) in [6, 6.07) is 9.03. The van der Waals surface area contributed by atoms with Crippen LogP contribution in [0.3, 0.4) is 0 Å². The standard InChI is InChI=1S/C24H26Br2N4O5/c1-34-24-17(14-18(25)15-20(24)26)2-5-23(31)29-8-6-27(7-9-29)19-3-4-21(30(32)33)22(16-19)28-10-12-35-13-11-28/h2-5,14-16H,6-13H2,1H3. The largest absolute Gasteiger partial charge is 0.495 e. The van der Waals surface area contributed by atoms with Crippen molar-refractivity contribution in [2.24, 2.45) is 0 Å². The average Bonchev–Trinajstić information content (AvgIpc) is 2.87. The van der Waals surface area contributed by atoms with Crippen LogP contribution in [0.2, 0.25) is 0 Å². The van der Waals surface area contributed by atoms with Gasteiger partial charge in [-0.1, -0.05) is 15.9 Å². The molecule has 2 aromatic rings. The van der Waals surface area contributed by atoms with Gasteiger partial charge in [0, 0.05) is 67.1 Å². The van der Waals surface area contributed by atoms with E-state index in [2.05, 4.69) is 36.8 Å². The maximum absolute atomic E-state index is 12.8. The van der Waals surface area contributed by atoms with E-state index in [1.807, 2.05) is 23.1 Å². The third-order valence-corrected chi connectivity index (χ3v) is 7.16. The number of methoxy groups -OCH3 is 1. The van der Waals surface area contributed by atoms with Gasteiger partial charge in [-0.2, -0.15) is 0 Å². The minimum Gasteiger partial charge on any atom is -0.495 e. The van der Waals surface area contributed by atoms with Gasteiger partial charge in [-0.15, -0.1) is 0 Å². The number of ether oxygens (including phenoxy) is 2. The zero-order valence-corrected chi connectivity index (χ0v) is 22.5. The lowest BCUT2D eigenvalue weighted by Crippen LogP contribution is -2.48. The van der Waals surface area contributed by atoms with Gasteiger partial charge in [-0.3, -0.25) is 14.9 Å². The molecule has 0 bridgehead atoms. The minimum absolute atomic E-state index is 0.0690. The number of hydrogen-bond donors (Lipinski definition) is 0. The molecule has 0 unspecified atom stereocenters. The van der Waals surface area contributed by atoms with E-state index in [1.54, 1.807) is 36.3 Å². The first-order chi connectivity index (χ1) is 16.9. The second-order valence-electron chi connectivity index (χ2n) is 8.19. The smallest absolute Gasteiger partial charge is 0.292 e. The van der Waals surface area contributed by atoms with Crippen molar-refractivity contribution in [2.45, 2.75) is 0 Å². The van der Waals surface area contributed by atoms with Crippen molar-refractivity contribution >= 4 is 60.9 Å². The summed E-state index contributed by atoms with van der Waals surface area (Å²) in [4.78, 5) is 30.0. The highest BCUT2D eigenvalue weighted by molar-refractivity contribution is 9.11. The Morgan fingerprint density at radius 2 is 1.77 bits per heavy atom. The van der Waals surface area contributed by atoms with Crippen molar-refractivity contribution in [2.75, 3.05) is 69.4 Å². The molecule has 11 heteroatoms. The summed E-state index contributed by atoms with van der Waals surface area (Å²) in [6.07, 6.45) is 3.32. The van der Waals surface area contributed by atoms with Crippen LogP contribution in [0.1, 0.15) is 5.56 Å². The number of morpholine rings is 1. The number of nitro benzene ring substituents is 1. The summed E-state index contributed by atoms with van der Waals surface area (Å²) in [6.45, 7) is 4.77. The predicted octanol–water partition coefficient (Wildman–Crippen LogP) is 4.33. The first kappa shape index (κ1) is 25.5. The van der Waals surface area contributed by atoms with Gasteiger partial charge >= 0.3 is 0 Å². The molecular weight excluding hydrogens is 584 g/mol. The molecule has 35 heavy (non-hydrogen) atoms. The Balaban J connectivity index is 1.43. The fourth-order valence-electron chi connectivity index (χ4n) is 4.29. The monoisotopic (exact) mass is 608 g/mol. The molecule has 2 aliphatic heterocycles. The van der Waals surface area contributed by atoms with Crippen LogP contribution in [0.4, 0.5) is 17.1 Å². The van der Waals surface area contributed by atoms with Crippen LogP contribution in [0.5, 0.6) is 5.75 Å². The number of nitro groups is 1. The third kappa shape index (κ3) is 5.96. The van der Waals surface area contributed by atoms with Gasteiger partial charge in [-0.05, 0) is 46.3 Å². The van der Waals surface area contributed by atoms with E-state index >= 15 is 0 Å². The molecule has 2 aliphatic rings. The van der Waals surface area contributed by atoms with Gasteiger partial charge in [0.2, 0.25) is 5.91 Å². The molecule has 0 radical (unpaired) electrons. The Morgan fingerprint density at radius 1 is 1.06 bits per heavy atom. The number of carbonyl (C=O) groups is 1. The van der Waals surface area contributed by atoms with Gasteiger partial charge in [0.25, 0.3) is 5.69 Å². The lowest BCUT2D eigenvalue weighted by molar-refractivity contribution is -0.384. The van der Waals surface area contributed by atoms with Gasteiger partial charge < -0.3 is 24.2 Å². The molecule has 0 aliphatic carbocycles. The summed E-state index contributed by atoms with van der Waals surface area (Å²) < 4.78 is 12.5. The summed E-state index contributed by atoms with van der Waals surface area (Å²) in [5.41, 5.74) is 2.43. The first-order valence-electron chi connectivity index (χ1n) is 11.2. The number of hydrogen-bond acceptors (Lipinski definition) is 7. The quantitative estimate of drug-likeness (QED) is 0.274. The number of piperazine rings is 1. The van der Waals surface area contributed by atoms with E-state index in [-0.39, 0.29) is 16.5 Å². The average molecular weight is 610 g/mol. The fraction of sp³-hybridized carbons (Fsp3) is 0.375. The third-order valence-electron chi connectivity index (χ3n) is 6.11. The molecule has 4 rings (SSSR count). The van der Waals surface area contributed by atoms with Crippen LogP contribution in [-0.2, 0) is 9.53 Å². The Labute approximate surface area is 220 Å². The second kappa shape index (κ2) is 11.4. The van der Waals surface area contributed by atoms with E-state index in [0.717, 1.165) is 20.2 Å². The van der Waals surface area contributed by atoms with E-state index in [9.17, 15) is 14.9 Å². The summed E-state index contributed by atoms with van der Waals surface area (Å²) in [7, 11) is 1.59. The summed E-state index contributed by atoms with van der Waals surface area (Å²) in [5, 5.41) is 11.6. The SMILES string of the molecule is COc1c(Br)cc(Br)cc1C=CC(=O)N1CCN(c2ccc([N+](=O)[O-])c(N3CCOCC3)c2)CC1. The lowest BCUT2D eigenvalue weighted by Gasteiger charge is -2.36. The zero-order valence-electron chi connectivity index (χ0n) is 19.3. The van der Waals surface area contributed by atoms with Gasteiger partial charge in [-0.25, -0.2) is 0 Å². The highest BCUT2D eigenvalue weighted by atomic mass is 79.9. The molecule has 186 valence electrons. The number of anilines is 2. The van der Waals surface area contributed by atoms with Gasteiger partial charge in [0.05, 0.1) is 29.7 Å². The van der Waals surface area contributed by atoms with E-state index in [0.29, 0.717) is 63.9 Å². The first-order valence-corrected chi connectivity index (χ1v) is 12.8. The minimum atomic E-state index is -0.337. The highest BCUT2D eigenvalue weighted by Crippen LogP contribution is 2.35. The van der Waals surface area contributed by atoms with Crippen molar-refractivity contribution < 1.29 is 19.2 Å². The molecule has 9 nitrogen and oxygen atoms in total. The zero-order chi connectivity index (χ0) is 24.9. The molecule has 0 atom stereocenters. The Kier molecular flexibility index (Phi) is 8.30. The Bertz CT molecular complexity index is 1130. The van der Waals surface area contributed by atoms with Crippen molar-refractivity contribution in [1.82, 2.24) is 4.90 Å². The summed E-state index contributed by atoms with van der Waals surface area (Å²) >= 11 is 6.94.